The molecule has 2 heterocycles. The molecule has 0 unspecified atom stereocenters. The fourth-order valence-corrected chi connectivity index (χ4v) is 4.93. The van der Waals surface area contributed by atoms with Crippen LogP contribution in [-0.2, 0) is 28.0 Å². The average molecular weight is 464 g/mol. The summed E-state index contributed by atoms with van der Waals surface area (Å²) < 4.78 is 11.2. The molecule has 0 radical (unpaired) electrons. The van der Waals surface area contributed by atoms with Gasteiger partial charge in [0.1, 0.15) is 25.3 Å². The van der Waals surface area contributed by atoms with Gasteiger partial charge in [-0.25, -0.2) is 4.79 Å². The lowest BCUT2D eigenvalue weighted by Gasteiger charge is -2.25. The quantitative estimate of drug-likeness (QED) is 0.665. The molecule has 2 aliphatic heterocycles. The average Bonchev–Trinajstić information content (AvgIpc) is 3.07. The van der Waals surface area contributed by atoms with Crippen LogP contribution in [0.4, 0.5) is 4.79 Å². The van der Waals surface area contributed by atoms with Crippen molar-refractivity contribution in [3.8, 4) is 11.5 Å². The third kappa shape index (κ3) is 3.97. The van der Waals surface area contributed by atoms with Crippen LogP contribution < -0.4 is 20.1 Å². The van der Waals surface area contributed by atoms with Crippen LogP contribution in [0.15, 0.2) is 36.4 Å². The second kappa shape index (κ2) is 8.66. The second-order valence-electron chi connectivity index (χ2n) is 9.33. The lowest BCUT2D eigenvalue weighted by molar-refractivity contribution is -0.135. The summed E-state index contributed by atoms with van der Waals surface area (Å²) in [5.74, 6) is 0.260. The maximum atomic E-state index is 13.2. The Morgan fingerprint density at radius 2 is 1.79 bits per heavy atom. The van der Waals surface area contributed by atoms with Gasteiger partial charge in [-0.05, 0) is 73.9 Å². The highest BCUT2D eigenvalue weighted by Crippen LogP contribution is 2.36. The third-order valence-electron chi connectivity index (χ3n) is 6.95. The van der Waals surface area contributed by atoms with Gasteiger partial charge in [-0.15, -0.1) is 0 Å². The minimum atomic E-state index is -1.29. The SMILES string of the molecule is C[C@@H](NC(=O)CN1C(=O)N[C@](C)(c2ccc3c(c2)OCCO3)C1=O)c1ccc2c(c1)CCCC2. The monoisotopic (exact) mass is 463 g/mol. The van der Waals surface area contributed by atoms with Gasteiger partial charge in [0.25, 0.3) is 5.91 Å². The van der Waals surface area contributed by atoms with Crippen LogP contribution in [0.5, 0.6) is 11.5 Å². The summed E-state index contributed by atoms with van der Waals surface area (Å²) in [4.78, 5) is 39.7. The normalized spacial score (nSPS) is 22.1. The number of imide groups is 1. The molecule has 0 bridgehead atoms. The minimum Gasteiger partial charge on any atom is -0.486 e. The van der Waals surface area contributed by atoms with Crippen molar-refractivity contribution in [3.63, 3.8) is 0 Å². The number of hydrogen-bond donors (Lipinski definition) is 2. The molecule has 2 aromatic carbocycles. The molecule has 1 fully saturated rings. The summed E-state index contributed by atoms with van der Waals surface area (Å²) >= 11 is 0. The lowest BCUT2D eigenvalue weighted by atomic mass is 9.89. The van der Waals surface area contributed by atoms with Crippen molar-refractivity contribution < 1.29 is 23.9 Å². The molecule has 3 aliphatic rings. The fraction of sp³-hybridized carbons (Fsp3) is 0.423. The van der Waals surface area contributed by atoms with E-state index < -0.39 is 17.5 Å². The van der Waals surface area contributed by atoms with Gasteiger partial charge in [0.2, 0.25) is 5.91 Å². The van der Waals surface area contributed by atoms with E-state index in [2.05, 4.69) is 22.8 Å². The zero-order chi connectivity index (χ0) is 23.9. The second-order valence-corrected chi connectivity index (χ2v) is 9.33. The number of benzene rings is 2. The van der Waals surface area contributed by atoms with Crippen LogP contribution >= 0.6 is 0 Å². The molecule has 2 atom stereocenters. The highest BCUT2D eigenvalue weighted by atomic mass is 16.6. The summed E-state index contributed by atoms with van der Waals surface area (Å²) in [6, 6.07) is 10.7. The zero-order valence-electron chi connectivity index (χ0n) is 19.5. The van der Waals surface area contributed by atoms with Crippen molar-refractivity contribution >= 4 is 17.8 Å². The summed E-state index contributed by atoms with van der Waals surface area (Å²) in [6.07, 6.45) is 4.57. The van der Waals surface area contributed by atoms with E-state index in [1.807, 2.05) is 13.0 Å². The molecule has 34 heavy (non-hydrogen) atoms. The third-order valence-corrected chi connectivity index (χ3v) is 6.95. The van der Waals surface area contributed by atoms with E-state index in [-0.39, 0.29) is 18.5 Å². The number of hydrogen-bond acceptors (Lipinski definition) is 5. The van der Waals surface area contributed by atoms with Crippen LogP contribution in [0.25, 0.3) is 0 Å². The molecular weight excluding hydrogens is 434 g/mol. The summed E-state index contributed by atoms with van der Waals surface area (Å²) in [7, 11) is 0. The largest absolute Gasteiger partial charge is 0.486 e. The molecule has 8 heteroatoms. The van der Waals surface area contributed by atoms with Crippen molar-refractivity contribution in [2.75, 3.05) is 19.8 Å². The van der Waals surface area contributed by atoms with Gasteiger partial charge in [-0.2, -0.15) is 0 Å². The number of rotatable bonds is 5. The highest BCUT2D eigenvalue weighted by molar-refractivity contribution is 6.09. The molecule has 4 amide bonds. The molecule has 1 saturated heterocycles. The first-order valence-corrected chi connectivity index (χ1v) is 11.8. The van der Waals surface area contributed by atoms with Gasteiger partial charge >= 0.3 is 6.03 Å². The maximum Gasteiger partial charge on any atom is 0.325 e. The van der Waals surface area contributed by atoms with E-state index in [4.69, 9.17) is 9.47 Å². The Hall–Kier alpha value is -3.55. The standard InChI is InChI=1S/C26H29N3O5/c1-16(18-8-7-17-5-3-4-6-19(17)13-18)27-23(30)15-29-24(31)26(2,28-25(29)32)20-9-10-21-22(14-20)34-12-11-33-21/h7-10,13-14,16H,3-6,11-12,15H2,1-2H3,(H,27,30)(H,28,32)/t16-,26-/m1/s1. The Kier molecular flexibility index (Phi) is 5.67. The van der Waals surface area contributed by atoms with Crippen molar-refractivity contribution in [1.29, 1.82) is 0 Å². The highest BCUT2D eigenvalue weighted by Gasteiger charge is 2.49. The van der Waals surface area contributed by atoms with E-state index in [1.165, 1.54) is 24.0 Å². The molecular formula is C26H29N3O5. The van der Waals surface area contributed by atoms with Crippen LogP contribution in [0.3, 0.4) is 0 Å². The van der Waals surface area contributed by atoms with Gasteiger partial charge in [-0.3, -0.25) is 14.5 Å². The van der Waals surface area contributed by atoms with E-state index in [0.717, 1.165) is 23.3 Å². The summed E-state index contributed by atoms with van der Waals surface area (Å²) in [5, 5.41) is 5.67. The minimum absolute atomic E-state index is 0.232. The number of nitrogens with zero attached hydrogens (tertiary/aromatic N) is 1. The van der Waals surface area contributed by atoms with Gasteiger partial charge in [0.15, 0.2) is 11.5 Å². The summed E-state index contributed by atoms with van der Waals surface area (Å²) in [6.45, 7) is 4.08. The predicted molar refractivity (Wildman–Crippen MR) is 125 cm³/mol. The number of carbonyl (C=O) groups is 3. The van der Waals surface area contributed by atoms with Gasteiger partial charge < -0.3 is 20.1 Å². The maximum absolute atomic E-state index is 13.2. The van der Waals surface area contributed by atoms with Gasteiger partial charge in [0.05, 0.1) is 6.04 Å². The Labute approximate surface area is 198 Å². The number of carbonyl (C=O) groups excluding carboxylic acids is 3. The number of ether oxygens (including phenoxy) is 2. The molecule has 0 spiro atoms. The topological polar surface area (TPSA) is 97.0 Å². The number of amides is 4. The van der Waals surface area contributed by atoms with Gasteiger partial charge in [0, 0.05) is 0 Å². The Morgan fingerprint density at radius 1 is 1.06 bits per heavy atom. The molecule has 8 nitrogen and oxygen atoms in total. The molecule has 2 N–H and O–H groups in total. The van der Waals surface area contributed by atoms with Crippen LogP contribution in [-0.4, -0.2) is 42.5 Å². The molecule has 1 aliphatic carbocycles. The lowest BCUT2D eigenvalue weighted by Crippen LogP contribution is -2.43. The molecule has 2 aromatic rings. The number of urea groups is 1. The van der Waals surface area contributed by atoms with Crippen molar-refractivity contribution in [3.05, 3.63) is 58.7 Å². The smallest absolute Gasteiger partial charge is 0.325 e. The fourth-order valence-electron chi connectivity index (χ4n) is 4.93. The van der Waals surface area contributed by atoms with Crippen molar-refractivity contribution in [2.45, 2.75) is 51.1 Å². The van der Waals surface area contributed by atoms with Gasteiger partial charge in [-0.1, -0.05) is 24.3 Å². The first kappa shape index (κ1) is 22.3. The first-order chi connectivity index (χ1) is 16.3. The van der Waals surface area contributed by atoms with Crippen LogP contribution in [0.2, 0.25) is 0 Å². The van der Waals surface area contributed by atoms with E-state index in [0.29, 0.717) is 30.3 Å². The Bertz CT molecular complexity index is 1160. The molecule has 0 aromatic heterocycles. The zero-order valence-corrected chi connectivity index (χ0v) is 19.5. The number of nitrogens with one attached hydrogen (secondary N) is 2. The van der Waals surface area contributed by atoms with E-state index in [1.54, 1.807) is 25.1 Å². The summed E-state index contributed by atoms with van der Waals surface area (Å²) in [5.41, 5.74) is 3.02. The van der Waals surface area contributed by atoms with E-state index >= 15 is 0 Å². The number of aryl methyl sites for hydroxylation is 2. The first-order valence-electron chi connectivity index (χ1n) is 11.8. The van der Waals surface area contributed by atoms with Crippen molar-refractivity contribution in [2.24, 2.45) is 0 Å². The molecule has 5 rings (SSSR count). The predicted octanol–water partition coefficient (Wildman–Crippen LogP) is 2.98. The number of fused-ring (bicyclic) bond motifs is 2. The van der Waals surface area contributed by atoms with Crippen LogP contribution in [0.1, 0.15) is 55.0 Å². The molecule has 0 saturated carbocycles. The molecule has 178 valence electrons. The Balaban J connectivity index is 1.27. The van der Waals surface area contributed by atoms with Crippen molar-refractivity contribution in [1.82, 2.24) is 15.5 Å². The van der Waals surface area contributed by atoms with Crippen LogP contribution in [0, 0.1) is 0 Å². The van der Waals surface area contributed by atoms with E-state index in [9.17, 15) is 14.4 Å². The Morgan fingerprint density at radius 3 is 2.59 bits per heavy atom.